The topological polar surface area (TPSA) is 23.5 Å². The van der Waals surface area contributed by atoms with Gasteiger partial charge < -0.3 is 5.11 Å². The summed E-state index contributed by atoms with van der Waals surface area (Å²) in [5.74, 6) is 1.82. The van der Waals surface area contributed by atoms with Crippen LogP contribution in [0.1, 0.15) is 63.0 Å². The van der Waals surface area contributed by atoms with Gasteiger partial charge in [-0.15, -0.1) is 0 Å². The van der Waals surface area contributed by atoms with Crippen molar-refractivity contribution in [1.82, 2.24) is 4.90 Å². The third-order valence-corrected chi connectivity index (χ3v) is 5.59. The van der Waals surface area contributed by atoms with Crippen LogP contribution in [0.15, 0.2) is 18.2 Å². The van der Waals surface area contributed by atoms with Gasteiger partial charge in [0, 0.05) is 12.0 Å². The first-order valence-electron chi connectivity index (χ1n) is 8.80. The zero-order valence-electron chi connectivity index (χ0n) is 13.5. The van der Waals surface area contributed by atoms with E-state index in [9.17, 15) is 5.11 Å². The highest BCUT2D eigenvalue weighted by molar-refractivity contribution is 5.40. The van der Waals surface area contributed by atoms with Crippen molar-refractivity contribution in [3.8, 4) is 5.75 Å². The monoisotopic (exact) mass is 287 g/mol. The van der Waals surface area contributed by atoms with Crippen molar-refractivity contribution in [3.63, 3.8) is 0 Å². The van der Waals surface area contributed by atoms with Gasteiger partial charge in [0.05, 0.1) is 0 Å². The lowest BCUT2D eigenvalue weighted by Gasteiger charge is -2.44. The van der Waals surface area contributed by atoms with E-state index in [-0.39, 0.29) is 0 Å². The van der Waals surface area contributed by atoms with E-state index >= 15 is 0 Å². The number of fused-ring (bicyclic) bond motifs is 1. The molecule has 3 rings (SSSR count). The number of rotatable bonds is 4. The molecule has 0 spiro atoms. The molecule has 1 aliphatic carbocycles. The summed E-state index contributed by atoms with van der Waals surface area (Å²) < 4.78 is 0. The SMILES string of the molecule is CCCC1c2cc(O)ccc2CC(CC)C1N1CCCC1. The van der Waals surface area contributed by atoms with Gasteiger partial charge in [-0.1, -0.05) is 32.8 Å². The van der Waals surface area contributed by atoms with Gasteiger partial charge in [0.25, 0.3) is 0 Å². The molecule has 1 heterocycles. The van der Waals surface area contributed by atoms with Crippen molar-refractivity contribution in [3.05, 3.63) is 29.3 Å². The maximum Gasteiger partial charge on any atom is 0.115 e. The molecule has 1 N–H and O–H groups in total. The van der Waals surface area contributed by atoms with E-state index in [0.29, 0.717) is 17.7 Å². The Hall–Kier alpha value is -1.02. The standard InChI is InChI=1S/C19H29NO/c1-3-7-17-18-13-16(21)9-8-15(18)12-14(4-2)19(17)20-10-5-6-11-20/h8-9,13-14,17,19,21H,3-7,10-12H2,1-2H3. The van der Waals surface area contributed by atoms with E-state index in [2.05, 4.69) is 24.8 Å². The number of hydrogen-bond acceptors (Lipinski definition) is 2. The summed E-state index contributed by atoms with van der Waals surface area (Å²) in [6, 6.07) is 6.76. The Morgan fingerprint density at radius 3 is 2.62 bits per heavy atom. The highest BCUT2D eigenvalue weighted by Gasteiger charge is 2.39. The molecule has 21 heavy (non-hydrogen) atoms. The van der Waals surface area contributed by atoms with Crippen molar-refractivity contribution in [2.45, 2.75) is 64.3 Å². The zero-order chi connectivity index (χ0) is 14.8. The molecule has 116 valence electrons. The smallest absolute Gasteiger partial charge is 0.115 e. The van der Waals surface area contributed by atoms with Gasteiger partial charge in [0.2, 0.25) is 0 Å². The lowest BCUT2D eigenvalue weighted by molar-refractivity contribution is 0.125. The van der Waals surface area contributed by atoms with Gasteiger partial charge in [-0.2, -0.15) is 0 Å². The second-order valence-electron chi connectivity index (χ2n) is 6.88. The first kappa shape index (κ1) is 14.9. The van der Waals surface area contributed by atoms with Gasteiger partial charge >= 0.3 is 0 Å². The molecule has 2 nitrogen and oxygen atoms in total. The van der Waals surface area contributed by atoms with Gasteiger partial charge in [-0.25, -0.2) is 0 Å². The summed E-state index contributed by atoms with van der Waals surface area (Å²) in [5.41, 5.74) is 2.91. The van der Waals surface area contributed by atoms with Gasteiger partial charge in [-0.05, 0) is 68.0 Å². The largest absolute Gasteiger partial charge is 0.508 e. The van der Waals surface area contributed by atoms with Crippen molar-refractivity contribution in [1.29, 1.82) is 0 Å². The highest BCUT2D eigenvalue weighted by atomic mass is 16.3. The van der Waals surface area contributed by atoms with E-state index in [0.717, 1.165) is 5.92 Å². The van der Waals surface area contributed by atoms with Crippen molar-refractivity contribution in [2.75, 3.05) is 13.1 Å². The van der Waals surface area contributed by atoms with Crippen LogP contribution in [0.4, 0.5) is 0 Å². The molecule has 0 radical (unpaired) electrons. The van der Waals surface area contributed by atoms with Crippen molar-refractivity contribution >= 4 is 0 Å². The predicted molar refractivity (Wildman–Crippen MR) is 87.8 cm³/mol. The number of aromatic hydroxyl groups is 1. The predicted octanol–water partition coefficient (Wildman–Crippen LogP) is 4.32. The Kier molecular flexibility index (Phi) is 4.54. The van der Waals surface area contributed by atoms with Crippen LogP contribution in [0.25, 0.3) is 0 Å². The van der Waals surface area contributed by atoms with E-state index in [1.807, 2.05) is 12.1 Å². The summed E-state index contributed by atoms with van der Waals surface area (Å²) in [6.07, 6.45) is 7.64. The normalized spacial score (nSPS) is 29.5. The molecule has 1 aromatic rings. The third-order valence-electron chi connectivity index (χ3n) is 5.59. The van der Waals surface area contributed by atoms with Crippen LogP contribution in [0.3, 0.4) is 0 Å². The molecule has 1 fully saturated rings. The molecule has 2 heteroatoms. The Balaban J connectivity index is 1.99. The quantitative estimate of drug-likeness (QED) is 0.891. The van der Waals surface area contributed by atoms with Gasteiger partial charge in [0.15, 0.2) is 0 Å². The maximum absolute atomic E-state index is 9.94. The molecule has 3 unspecified atom stereocenters. The maximum atomic E-state index is 9.94. The number of phenols is 1. The summed E-state index contributed by atoms with van der Waals surface area (Å²) >= 11 is 0. The van der Waals surface area contributed by atoms with Crippen LogP contribution in [0, 0.1) is 5.92 Å². The molecule has 2 aliphatic rings. The van der Waals surface area contributed by atoms with Crippen LogP contribution in [-0.4, -0.2) is 29.1 Å². The van der Waals surface area contributed by atoms with Crippen LogP contribution < -0.4 is 0 Å². The second-order valence-corrected chi connectivity index (χ2v) is 6.88. The minimum Gasteiger partial charge on any atom is -0.508 e. The molecule has 1 aromatic carbocycles. The zero-order valence-corrected chi connectivity index (χ0v) is 13.5. The van der Waals surface area contributed by atoms with E-state index in [1.54, 1.807) is 0 Å². The molecule has 1 aliphatic heterocycles. The molecular weight excluding hydrogens is 258 g/mol. The summed E-state index contributed by atoms with van der Waals surface area (Å²) in [7, 11) is 0. The third kappa shape index (κ3) is 2.83. The first-order chi connectivity index (χ1) is 10.2. The fourth-order valence-corrected chi connectivity index (χ4v) is 4.64. The highest BCUT2D eigenvalue weighted by Crippen LogP contribution is 2.43. The number of phenolic OH excluding ortho intramolecular Hbond substituents is 1. The fraction of sp³-hybridized carbons (Fsp3) is 0.684. The Morgan fingerprint density at radius 1 is 1.19 bits per heavy atom. The average Bonchev–Trinajstić information content (AvgIpc) is 3.01. The summed E-state index contributed by atoms with van der Waals surface area (Å²) in [4.78, 5) is 2.75. The van der Waals surface area contributed by atoms with E-state index < -0.39 is 0 Å². The fourth-order valence-electron chi connectivity index (χ4n) is 4.64. The van der Waals surface area contributed by atoms with Crippen LogP contribution in [0.2, 0.25) is 0 Å². The Labute approximate surface area is 129 Å². The van der Waals surface area contributed by atoms with Crippen molar-refractivity contribution < 1.29 is 5.11 Å². The molecule has 0 aromatic heterocycles. The minimum atomic E-state index is 0.435. The molecular formula is C19H29NO. The van der Waals surface area contributed by atoms with Crippen LogP contribution >= 0.6 is 0 Å². The van der Waals surface area contributed by atoms with Gasteiger partial charge in [-0.3, -0.25) is 4.90 Å². The number of hydrogen-bond donors (Lipinski definition) is 1. The molecule has 0 saturated carbocycles. The number of likely N-dealkylation sites (tertiary alicyclic amines) is 1. The Bertz CT molecular complexity index is 478. The summed E-state index contributed by atoms with van der Waals surface area (Å²) in [5, 5.41) is 9.94. The number of benzene rings is 1. The molecule has 0 amide bonds. The average molecular weight is 287 g/mol. The molecule has 0 bridgehead atoms. The van der Waals surface area contributed by atoms with Crippen LogP contribution in [0.5, 0.6) is 5.75 Å². The summed E-state index contributed by atoms with van der Waals surface area (Å²) in [6.45, 7) is 7.19. The van der Waals surface area contributed by atoms with E-state index in [4.69, 9.17) is 0 Å². The van der Waals surface area contributed by atoms with Crippen molar-refractivity contribution in [2.24, 2.45) is 5.92 Å². The lowest BCUT2D eigenvalue weighted by Crippen LogP contribution is -2.46. The van der Waals surface area contributed by atoms with Gasteiger partial charge in [0.1, 0.15) is 5.75 Å². The molecule has 1 saturated heterocycles. The minimum absolute atomic E-state index is 0.435. The lowest BCUT2D eigenvalue weighted by atomic mass is 9.70. The first-order valence-corrected chi connectivity index (χ1v) is 8.80. The number of nitrogens with zero attached hydrogens (tertiary/aromatic N) is 1. The molecule has 3 atom stereocenters. The van der Waals surface area contributed by atoms with Crippen LogP contribution in [-0.2, 0) is 6.42 Å². The Morgan fingerprint density at radius 2 is 1.95 bits per heavy atom. The van der Waals surface area contributed by atoms with E-state index in [1.165, 1.54) is 62.7 Å². The second kappa shape index (κ2) is 6.39.